The number of amides is 1. The van der Waals surface area contributed by atoms with Crippen molar-refractivity contribution in [3.63, 3.8) is 0 Å². The number of rotatable bonds is 5. The molecular formula is C20H22F2N3O7P. The zero-order valence-electron chi connectivity index (χ0n) is 17.9. The van der Waals surface area contributed by atoms with Gasteiger partial charge in [0.2, 0.25) is 6.23 Å². The largest absolute Gasteiger partial charge is 0.475 e. The van der Waals surface area contributed by atoms with Crippen LogP contribution in [0.1, 0.15) is 36.0 Å². The molecule has 2 aliphatic rings. The highest BCUT2D eigenvalue weighted by molar-refractivity contribution is 7.48. The second-order valence-electron chi connectivity index (χ2n) is 7.95. The monoisotopic (exact) mass is 485 g/mol. The van der Waals surface area contributed by atoms with E-state index in [1.165, 1.54) is 6.07 Å². The van der Waals surface area contributed by atoms with Crippen molar-refractivity contribution in [2.24, 2.45) is 0 Å². The van der Waals surface area contributed by atoms with E-state index in [9.17, 15) is 14.2 Å². The maximum absolute atomic E-state index is 15.1. The number of aryl methyl sites for hydroxylation is 1. The molecule has 0 aliphatic carbocycles. The number of anilines is 1. The molecule has 3 heterocycles. The van der Waals surface area contributed by atoms with Gasteiger partial charge in [-0.2, -0.15) is 13.8 Å². The molecule has 2 fully saturated rings. The van der Waals surface area contributed by atoms with E-state index in [2.05, 4.69) is 10.3 Å². The number of alkyl halides is 2. The fourth-order valence-corrected chi connectivity index (χ4v) is 5.01. The Morgan fingerprint density at radius 1 is 1.30 bits per heavy atom. The van der Waals surface area contributed by atoms with Gasteiger partial charge in [0.25, 0.3) is 5.91 Å². The van der Waals surface area contributed by atoms with Crippen molar-refractivity contribution in [1.29, 1.82) is 0 Å². The molecule has 1 amide bonds. The maximum Gasteiger partial charge on any atom is 0.475 e. The molecule has 4 atom stereocenters. The molecule has 0 bridgehead atoms. The molecule has 1 aromatic carbocycles. The standard InChI is InChI=1S/C20H22F2N3O7P/c1-11(2)31-33(28)29-10-14-16(32-33)20(21,22)18(30-14)25-9-8-15(24-19(25)27)23-17(26)13-6-4-12(3)5-7-13/h4-9,11,14,16,18H,10H2,1-3H3,(H,23,24,26,27)/t14?,16-,18?,33?/m1/s1. The Morgan fingerprint density at radius 3 is 2.64 bits per heavy atom. The summed E-state index contributed by atoms with van der Waals surface area (Å²) in [6.07, 6.45) is -4.87. The molecule has 0 saturated carbocycles. The molecule has 33 heavy (non-hydrogen) atoms. The number of carbonyl (C=O) groups is 1. The first-order valence-electron chi connectivity index (χ1n) is 10.1. The third-order valence-electron chi connectivity index (χ3n) is 4.97. The van der Waals surface area contributed by atoms with Crippen LogP contribution in [0, 0.1) is 6.92 Å². The molecule has 178 valence electrons. The van der Waals surface area contributed by atoms with Gasteiger partial charge in [-0.1, -0.05) is 17.7 Å². The zero-order chi connectivity index (χ0) is 24.0. The van der Waals surface area contributed by atoms with Gasteiger partial charge in [-0.05, 0) is 39.0 Å². The SMILES string of the molecule is Cc1ccc(C(=O)Nc2ccn(C3OC4COP(=O)(OC(C)C)O[C@H]4C3(F)F)c(=O)n2)cc1. The van der Waals surface area contributed by atoms with Crippen LogP contribution in [0.15, 0.2) is 41.3 Å². The number of nitrogens with one attached hydrogen (secondary N) is 1. The van der Waals surface area contributed by atoms with E-state index < -0.39 is 56.5 Å². The lowest BCUT2D eigenvalue weighted by Gasteiger charge is -2.32. The fourth-order valence-electron chi connectivity index (χ4n) is 3.43. The minimum absolute atomic E-state index is 0.116. The Kier molecular flexibility index (Phi) is 6.23. The van der Waals surface area contributed by atoms with E-state index in [0.29, 0.717) is 10.1 Å². The van der Waals surface area contributed by atoms with Gasteiger partial charge < -0.3 is 10.1 Å². The number of hydrogen-bond donors (Lipinski definition) is 1. The normalized spacial score (nSPS) is 28.5. The van der Waals surface area contributed by atoms with Crippen molar-refractivity contribution in [3.8, 4) is 0 Å². The van der Waals surface area contributed by atoms with Gasteiger partial charge in [-0.25, -0.2) is 9.36 Å². The summed E-state index contributed by atoms with van der Waals surface area (Å²) >= 11 is 0. The lowest BCUT2D eigenvalue weighted by molar-refractivity contribution is -0.139. The van der Waals surface area contributed by atoms with Gasteiger partial charge in [0, 0.05) is 11.8 Å². The molecule has 2 saturated heterocycles. The number of fused-ring (bicyclic) bond motifs is 1. The highest BCUT2D eigenvalue weighted by Gasteiger charge is 2.65. The van der Waals surface area contributed by atoms with Crippen molar-refractivity contribution in [2.75, 3.05) is 11.9 Å². The van der Waals surface area contributed by atoms with Gasteiger partial charge >= 0.3 is 19.4 Å². The van der Waals surface area contributed by atoms with Crippen LogP contribution in [0.4, 0.5) is 14.6 Å². The zero-order valence-corrected chi connectivity index (χ0v) is 18.8. The number of benzene rings is 1. The quantitative estimate of drug-likeness (QED) is 0.642. The van der Waals surface area contributed by atoms with Crippen molar-refractivity contribution in [2.45, 2.75) is 51.2 Å². The van der Waals surface area contributed by atoms with Gasteiger partial charge in [0.1, 0.15) is 11.9 Å². The van der Waals surface area contributed by atoms with Crippen LogP contribution in [-0.2, 0) is 22.9 Å². The molecule has 4 rings (SSSR count). The van der Waals surface area contributed by atoms with E-state index in [4.69, 9.17) is 18.3 Å². The number of aromatic nitrogens is 2. The van der Waals surface area contributed by atoms with Crippen LogP contribution in [0.25, 0.3) is 0 Å². The Hall–Kier alpha value is -2.50. The van der Waals surface area contributed by atoms with E-state index in [1.807, 2.05) is 6.92 Å². The third-order valence-corrected chi connectivity index (χ3v) is 6.60. The smallest absolute Gasteiger partial charge is 0.343 e. The van der Waals surface area contributed by atoms with Crippen molar-refractivity contribution < 1.29 is 36.4 Å². The number of ether oxygens (including phenoxy) is 1. The maximum atomic E-state index is 15.1. The Balaban J connectivity index is 1.52. The predicted octanol–water partition coefficient (Wildman–Crippen LogP) is 3.29. The summed E-state index contributed by atoms with van der Waals surface area (Å²) in [4.78, 5) is 28.5. The highest BCUT2D eigenvalue weighted by atomic mass is 31.2. The third kappa shape index (κ3) is 4.75. The summed E-state index contributed by atoms with van der Waals surface area (Å²) in [5, 5.41) is 2.45. The second-order valence-corrected chi connectivity index (χ2v) is 9.52. The minimum atomic E-state index is -4.22. The average molecular weight is 485 g/mol. The molecule has 2 aromatic rings. The first-order chi connectivity index (χ1) is 15.5. The van der Waals surface area contributed by atoms with Crippen LogP contribution in [-0.4, -0.2) is 46.3 Å². The van der Waals surface area contributed by atoms with Crippen LogP contribution in [0.5, 0.6) is 0 Å². The summed E-state index contributed by atoms with van der Waals surface area (Å²) in [5.74, 6) is -4.38. The molecule has 0 radical (unpaired) electrons. The summed E-state index contributed by atoms with van der Waals surface area (Å²) < 4.78 is 63.7. The Bertz CT molecular complexity index is 1160. The number of hydrogen-bond acceptors (Lipinski definition) is 8. The first kappa shape index (κ1) is 23.7. The van der Waals surface area contributed by atoms with E-state index in [-0.39, 0.29) is 5.82 Å². The minimum Gasteiger partial charge on any atom is -0.343 e. The lowest BCUT2D eigenvalue weighted by atomic mass is 10.1. The van der Waals surface area contributed by atoms with Gasteiger partial charge in [-0.15, -0.1) is 0 Å². The van der Waals surface area contributed by atoms with E-state index >= 15 is 8.78 Å². The van der Waals surface area contributed by atoms with E-state index in [0.717, 1.165) is 11.8 Å². The number of halogens is 2. The molecule has 10 nitrogen and oxygen atoms in total. The van der Waals surface area contributed by atoms with Crippen molar-refractivity contribution in [3.05, 3.63) is 58.1 Å². The number of carbonyl (C=O) groups excluding carboxylic acids is 1. The fraction of sp³-hybridized carbons (Fsp3) is 0.450. The first-order valence-corrected chi connectivity index (χ1v) is 11.6. The Morgan fingerprint density at radius 2 is 2.00 bits per heavy atom. The second kappa shape index (κ2) is 8.69. The van der Waals surface area contributed by atoms with Crippen LogP contribution in [0.2, 0.25) is 0 Å². The molecule has 0 spiro atoms. The van der Waals surface area contributed by atoms with Gasteiger partial charge in [-0.3, -0.25) is 22.9 Å². The lowest BCUT2D eigenvalue weighted by Crippen LogP contribution is -2.45. The van der Waals surface area contributed by atoms with Gasteiger partial charge in [0.15, 0.2) is 6.10 Å². The van der Waals surface area contributed by atoms with Gasteiger partial charge in [0.05, 0.1) is 12.7 Å². The number of phosphoric ester groups is 1. The predicted molar refractivity (Wildman–Crippen MR) is 111 cm³/mol. The molecular weight excluding hydrogens is 463 g/mol. The summed E-state index contributed by atoms with van der Waals surface area (Å²) in [5.41, 5.74) is 0.223. The van der Waals surface area contributed by atoms with Crippen LogP contribution >= 0.6 is 7.82 Å². The van der Waals surface area contributed by atoms with E-state index in [1.54, 1.807) is 38.1 Å². The van der Waals surface area contributed by atoms with Crippen molar-refractivity contribution >= 4 is 19.5 Å². The molecule has 13 heteroatoms. The van der Waals surface area contributed by atoms with Crippen molar-refractivity contribution in [1.82, 2.24) is 9.55 Å². The molecule has 3 unspecified atom stereocenters. The molecule has 1 N–H and O–H groups in total. The van der Waals surface area contributed by atoms with Crippen LogP contribution < -0.4 is 11.0 Å². The Labute approximate surface area is 187 Å². The molecule has 2 aliphatic heterocycles. The average Bonchev–Trinajstić information content (AvgIpc) is 2.98. The topological polar surface area (TPSA) is 118 Å². The number of phosphoric acid groups is 1. The highest BCUT2D eigenvalue weighted by Crippen LogP contribution is 2.60. The molecule has 1 aromatic heterocycles. The van der Waals surface area contributed by atoms with Crippen LogP contribution in [0.3, 0.4) is 0 Å². The number of nitrogens with zero attached hydrogens (tertiary/aromatic N) is 2. The summed E-state index contributed by atoms with van der Waals surface area (Å²) in [6.45, 7) is 4.50. The summed E-state index contributed by atoms with van der Waals surface area (Å²) in [7, 11) is -4.22. The summed E-state index contributed by atoms with van der Waals surface area (Å²) in [6, 6.07) is 7.89.